The second kappa shape index (κ2) is 6.06. The van der Waals surface area contributed by atoms with Gasteiger partial charge in [-0.2, -0.15) is 5.10 Å². The number of urea groups is 1. The van der Waals surface area contributed by atoms with Gasteiger partial charge in [-0.15, -0.1) is 11.3 Å². The molecule has 0 bridgehead atoms. The Bertz CT molecular complexity index is 985. The second-order valence-electron chi connectivity index (χ2n) is 6.13. The maximum absolute atomic E-state index is 13.9. The number of carbonyl (C=O) groups is 2. The molecule has 0 saturated carbocycles. The number of rotatable bonds is 4. The summed E-state index contributed by atoms with van der Waals surface area (Å²) >= 11 is 1.41. The van der Waals surface area contributed by atoms with Crippen molar-refractivity contribution in [2.45, 2.75) is 19.0 Å². The maximum atomic E-state index is 13.9. The normalized spacial score (nSPS) is 19.8. The molecule has 1 N–H and O–H groups in total. The van der Waals surface area contributed by atoms with Gasteiger partial charge in [-0.1, -0.05) is 18.2 Å². The smallest absolute Gasteiger partial charge is 0.319 e. The second-order valence-corrected chi connectivity index (χ2v) is 7.07. The first-order valence-electron chi connectivity index (χ1n) is 7.96. The maximum Gasteiger partial charge on any atom is 0.325 e. The number of nitrogens with zero attached hydrogens (tertiary/aromatic N) is 3. The monoisotopic (exact) mass is 370 g/mol. The van der Waals surface area contributed by atoms with Crippen molar-refractivity contribution in [3.05, 3.63) is 70.4 Å². The van der Waals surface area contributed by atoms with Crippen LogP contribution in [-0.4, -0.2) is 26.6 Å². The van der Waals surface area contributed by atoms with Gasteiger partial charge in [0.1, 0.15) is 11.5 Å². The quantitative estimate of drug-likeness (QED) is 0.718. The highest BCUT2D eigenvalue weighted by Gasteiger charge is 2.49. The van der Waals surface area contributed by atoms with E-state index in [1.807, 2.05) is 17.5 Å². The van der Waals surface area contributed by atoms with E-state index in [4.69, 9.17) is 0 Å². The van der Waals surface area contributed by atoms with Gasteiger partial charge in [0.25, 0.3) is 5.91 Å². The predicted octanol–water partition coefficient (Wildman–Crippen LogP) is 3.04. The van der Waals surface area contributed by atoms with Crippen molar-refractivity contribution >= 4 is 23.3 Å². The summed E-state index contributed by atoms with van der Waals surface area (Å²) in [6.07, 6.45) is 1.60. The molecular weight excluding hydrogens is 355 g/mol. The van der Waals surface area contributed by atoms with E-state index >= 15 is 0 Å². The zero-order chi connectivity index (χ0) is 18.3. The van der Waals surface area contributed by atoms with E-state index < -0.39 is 17.4 Å². The molecule has 2 aromatic heterocycles. The van der Waals surface area contributed by atoms with E-state index in [-0.39, 0.29) is 12.5 Å². The van der Waals surface area contributed by atoms with Gasteiger partial charge >= 0.3 is 6.03 Å². The molecule has 8 heteroatoms. The molecule has 1 saturated heterocycles. The molecule has 0 radical (unpaired) electrons. The first-order chi connectivity index (χ1) is 12.5. The molecule has 0 aliphatic carbocycles. The molecule has 4 rings (SSSR count). The van der Waals surface area contributed by atoms with Crippen molar-refractivity contribution in [1.29, 1.82) is 0 Å². The van der Waals surface area contributed by atoms with Gasteiger partial charge in [-0.05, 0) is 36.6 Å². The van der Waals surface area contributed by atoms with Crippen molar-refractivity contribution < 1.29 is 14.0 Å². The summed E-state index contributed by atoms with van der Waals surface area (Å²) in [7, 11) is 0. The van der Waals surface area contributed by atoms with E-state index in [1.54, 1.807) is 37.4 Å². The van der Waals surface area contributed by atoms with Crippen molar-refractivity contribution in [3.8, 4) is 5.69 Å². The molecule has 3 amide bonds. The minimum absolute atomic E-state index is 0.0209. The average molecular weight is 370 g/mol. The molecule has 3 heterocycles. The summed E-state index contributed by atoms with van der Waals surface area (Å²) < 4.78 is 15.3. The highest BCUT2D eigenvalue weighted by atomic mass is 32.1. The molecule has 1 aliphatic rings. The summed E-state index contributed by atoms with van der Waals surface area (Å²) in [5.74, 6) is -0.729. The lowest BCUT2D eigenvalue weighted by molar-refractivity contribution is -0.131. The molecule has 0 spiro atoms. The van der Waals surface area contributed by atoms with Crippen molar-refractivity contribution in [3.63, 3.8) is 0 Å². The van der Waals surface area contributed by atoms with E-state index in [0.717, 1.165) is 9.78 Å². The lowest BCUT2D eigenvalue weighted by Gasteiger charge is -2.19. The number of carbonyl (C=O) groups excluding carboxylic acids is 2. The van der Waals surface area contributed by atoms with Crippen LogP contribution >= 0.6 is 11.3 Å². The van der Waals surface area contributed by atoms with Crippen molar-refractivity contribution in [1.82, 2.24) is 20.0 Å². The van der Waals surface area contributed by atoms with E-state index in [9.17, 15) is 14.0 Å². The van der Waals surface area contributed by atoms with Crippen LogP contribution in [0, 0.1) is 5.82 Å². The third kappa shape index (κ3) is 2.59. The zero-order valence-electron chi connectivity index (χ0n) is 13.8. The minimum atomic E-state index is -1.07. The molecule has 26 heavy (non-hydrogen) atoms. The summed E-state index contributed by atoms with van der Waals surface area (Å²) in [5.41, 5.74) is -0.272. The molecule has 1 aliphatic heterocycles. The molecule has 1 atom stereocenters. The van der Waals surface area contributed by atoms with Crippen LogP contribution in [0.25, 0.3) is 5.69 Å². The SMILES string of the molecule is CC1(c2cccs2)NC(=O)N(Cc2ccn(-c3ccccc3F)n2)C1=O. The van der Waals surface area contributed by atoms with Crippen molar-refractivity contribution in [2.75, 3.05) is 0 Å². The molecule has 1 fully saturated rings. The van der Waals surface area contributed by atoms with Crippen LogP contribution in [0.3, 0.4) is 0 Å². The van der Waals surface area contributed by atoms with Crippen LogP contribution in [0.2, 0.25) is 0 Å². The van der Waals surface area contributed by atoms with Gasteiger partial charge in [0.05, 0.1) is 12.2 Å². The Hall–Kier alpha value is -3.00. The van der Waals surface area contributed by atoms with Gasteiger partial charge in [0.15, 0.2) is 5.54 Å². The summed E-state index contributed by atoms with van der Waals surface area (Å²) in [6, 6.07) is 11.1. The van der Waals surface area contributed by atoms with Crippen LogP contribution in [0.15, 0.2) is 54.0 Å². The third-order valence-electron chi connectivity index (χ3n) is 4.35. The Kier molecular flexibility index (Phi) is 3.84. The van der Waals surface area contributed by atoms with Gasteiger partial charge < -0.3 is 5.32 Å². The molecule has 6 nitrogen and oxygen atoms in total. The van der Waals surface area contributed by atoms with Crippen LogP contribution in [0.4, 0.5) is 9.18 Å². The zero-order valence-corrected chi connectivity index (χ0v) is 14.7. The van der Waals surface area contributed by atoms with Crippen LogP contribution in [-0.2, 0) is 16.9 Å². The molecule has 3 aromatic rings. The van der Waals surface area contributed by atoms with Gasteiger partial charge in [-0.3, -0.25) is 9.69 Å². The van der Waals surface area contributed by atoms with Gasteiger partial charge in [0, 0.05) is 11.1 Å². The molecule has 1 unspecified atom stereocenters. The third-order valence-corrected chi connectivity index (χ3v) is 5.44. The fourth-order valence-electron chi connectivity index (χ4n) is 2.95. The number of nitrogens with one attached hydrogen (secondary N) is 1. The molecule has 132 valence electrons. The minimum Gasteiger partial charge on any atom is -0.319 e. The van der Waals surface area contributed by atoms with Crippen molar-refractivity contribution in [2.24, 2.45) is 0 Å². The largest absolute Gasteiger partial charge is 0.325 e. The van der Waals surface area contributed by atoms with Gasteiger partial charge in [-0.25, -0.2) is 13.9 Å². The standard InChI is InChI=1S/C18H15FN4O2S/c1-18(15-7-4-10-26-15)16(24)22(17(25)20-18)11-12-8-9-23(21-12)14-6-3-2-5-13(14)19/h2-10H,11H2,1H3,(H,20,25). The Labute approximate surface area is 152 Å². The highest BCUT2D eigenvalue weighted by Crippen LogP contribution is 2.32. The number of imide groups is 1. The fourth-order valence-corrected chi connectivity index (χ4v) is 3.79. The van der Waals surface area contributed by atoms with Crippen LogP contribution in [0.5, 0.6) is 0 Å². The number of benzene rings is 1. The average Bonchev–Trinajstić information content (AvgIpc) is 3.34. The molecule has 1 aromatic carbocycles. The van der Waals surface area contributed by atoms with Crippen LogP contribution in [0.1, 0.15) is 17.5 Å². The summed E-state index contributed by atoms with van der Waals surface area (Å²) in [6.45, 7) is 1.71. The van der Waals surface area contributed by atoms with E-state index in [0.29, 0.717) is 11.4 Å². The number of aromatic nitrogens is 2. The summed E-state index contributed by atoms with van der Waals surface area (Å²) in [5, 5.41) is 8.90. The Balaban J connectivity index is 1.58. The lowest BCUT2D eigenvalue weighted by Crippen LogP contribution is -2.40. The number of thiophene rings is 1. The number of hydrogen-bond acceptors (Lipinski definition) is 4. The Morgan fingerprint density at radius 3 is 2.73 bits per heavy atom. The number of para-hydroxylation sites is 1. The lowest BCUT2D eigenvalue weighted by atomic mass is 10.0. The summed E-state index contributed by atoms with van der Waals surface area (Å²) in [4.78, 5) is 27.1. The Morgan fingerprint density at radius 2 is 2.00 bits per heavy atom. The van der Waals surface area contributed by atoms with E-state index in [1.165, 1.54) is 22.1 Å². The first-order valence-corrected chi connectivity index (χ1v) is 8.84. The number of amides is 3. The highest BCUT2D eigenvalue weighted by molar-refractivity contribution is 7.10. The van der Waals surface area contributed by atoms with Crippen LogP contribution < -0.4 is 5.32 Å². The van der Waals surface area contributed by atoms with Gasteiger partial charge in [0.2, 0.25) is 0 Å². The van der Waals surface area contributed by atoms with E-state index in [2.05, 4.69) is 10.4 Å². The Morgan fingerprint density at radius 1 is 1.19 bits per heavy atom. The number of halogens is 1. The first kappa shape index (κ1) is 16.5. The molecular formula is C18H15FN4O2S. The fraction of sp³-hybridized carbons (Fsp3) is 0.167. The predicted molar refractivity (Wildman–Crippen MR) is 94.3 cm³/mol. The number of hydrogen-bond donors (Lipinski definition) is 1. The topological polar surface area (TPSA) is 67.2 Å².